The zero-order valence-electron chi connectivity index (χ0n) is 19.3. The maximum Gasteiger partial charge on any atom is 0.191 e. The molecule has 0 atom stereocenters. The van der Waals surface area contributed by atoms with Gasteiger partial charge in [0.2, 0.25) is 0 Å². The molecule has 172 valence electrons. The average molecular weight is 547 g/mol. The van der Waals surface area contributed by atoms with Gasteiger partial charge in [0.05, 0.1) is 6.54 Å². The smallest absolute Gasteiger partial charge is 0.191 e. The Kier molecular flexibility index (Phi) is 11.2. The van der Waals surface area contributed by atoms with E-state index in [0.29, 0.717) is 6.54 Å². The zero-order valence-corrected chi connectivity index (χ0v) is 21.6. The molecular formula is C25H35IN6. The lowest BCUT2D eigenvalue weighted by Crippen LogP contribution is -2.36. The lowest BCUT2D eigenvalue weighted by molar-refractivity contribution is 0.296. The fraction of sp³-hybridized carbons (Fsp3) is 0.360. The highest BCUT2D eigenvalue weighted by atomic mass is 127. The molecule has 0 unspecified atom stereocenters. The normalized spacial score (nSPS) is 11.3. The fourth-order valence-corrected chi connectivity index (χ4v) is 3.51. The summed E-state index contributed by atoms with van der Waals surface area (Å²) < 4.78 is 1.94. The van der Waals surface area contributed by atoms with Crippen LogP contribution in [0.5, 0.6) is 0 Å². The van der Waals surface area contributed by atoms with Crippen molar-refractivity contribution in [2.45, 2.75) is 40.0 Å². The van der Waals surface area contributed by atoms with Crippen LogP contribution in [0.2, 0.25) is 0 Å². The molecule has 32 heavy (non-hydrogen) atoms. The van der Waals surface area contributed by atoms with Gasteiger partial charge in [0.1, 0.15) is 0 Å². The predicted octanol–water partition coefficient (Wildman–Crippen LogP) is 4.26. The molecule has 0 spiro atoms. The Balaban J connectivity index is 0.00000363. The van der Waals surface area contributed by atoms with Crippen LogP contribution in [-0.2, 0) is 26.2 Å². The monoisotopic (exact) mass is 546 g/mol. The summed E-state index contributed by atoms with van der Waals surface area (Å²) in [7, 11) is 1.80. The molecule has 6 nitrogen and oxygen atoms in total. The van der Waals surface area contributed by atoms with Crippen molar-refractivity contribution in [1.29, 1.82) is 0 Å². The predicted molar refractivity (Wildman–Crippen MR) is 143 cm³/mol. The molecule has 0 aliphatic carbocycles. The van der Waals surface area contributed by atoms with Gasteiger partial charge in [0, 0.05) is 39.1 Å². The largest absolute Gasteiger partial charge is 0.352 e. The minimum Gasteiger partial charge on any atom is -0.352 e. The summed E-state index contributed by atoms with van der Waals surface area (Å²) in [5, 5.41) is 11.2. The van der Waals surface area contributed by atoms with E-state index in [0.717, 1.165) is 38.7 Å². The molecule has 1 heterocycles. The summed E-state index contributed by atoms with van der Waals surface area (Å²) in [4.78, 5) is 6.79. The van der Waals surface area contributed by atoms with Crippen LogP contribution in [0.4, 0.5) is 0 Å². The number of hydrogen-bond donors (Lipinski definition) is 2. The molecule has 7 heteroatoms. The number of benzene rings is 2. The van der Waals surface area contributed by atoms with Gasteiger partial charge in [-0.2, -0.15) is 5.10 Å². The first-order valence-electron chi connectivity index (χ1n) is 11.0. The second-order valence-corrected chi connectivity index (χ2v) is 7.53. The summed E-state index contributed by atoms with van der Waals surface area (Å²) >= 11 is 0. The van der Waals surface area contributed by atoms with Gasteiger partial charge in [-0.25, -0.2) is 0 Å². The standard InChI is InChI=1S/C25H34N6.HI/c1-4-30(5-2)19-22-13-11-21(12-14-22)17-27-25(26-3)28-18-23-9-6-7-10-24(23)20-31-16-8-15-29-31;/h6-16H,4-5,17-20H2,1-3H3,(H2,26,27,28);1H. The number of aliphatic imine (C=N–C) groups is 1. The lowest BCUT2D eigenvalue weighted by Gasteiger charge is -2.18. The molecule has 2 aromatic carbocycles. The van der Waals surface area contributed by atoms with Crippen LogP contribution in [0, 0.1) is 0 Å². The molecule has 0 radical (unpaired) electrons. The molecule has 3 aromatic rings. The molecule has 3 rings (SSSR count). The summed E-state index contributed by atoms with van der Waals surface area (Å²) in [6.07, 6.45) is 3.79. The van der Waals surface area contributed by atoms with Gasteiger partial charge in [-0.3, -0.25) is 14.6 Å². The average Bonchev–Trinajstić information content (AvgIpc) is 3.32. The summed E-state index contributed by atoms with van der Waals surface area (Å²) in [6.45, 7) is 9.77. The third-order valence-corrected chi connectivity index (χ3v) is 5.46. The van der Waals surface area contributed by atoms with Crippen LogP contribution in [0.3, 0.4) is 0 Å². The first-order chi connectivity index (χ1) is 15.2. The minimum absolute atomic E-state index is 0. The molecule has 2 N–H and O–H groups in total. The van der Waals surface area contributed by atoms with Crippen LogP contribution < -0.4 is 10.6 Å². The Hall–Kier alpha value is -2.39. The molecule has 0 amide bonds. The second-order valence-electron chi connectivity index (χ2n) is 7.53. The summed E-state index contributed by atoms with van der Waals surface area (Å²) in [6, 6.07) is 19.2. The Morgan fingerprint density at radius 1 is 0.906 bits per heavy atom. The topological polar surface area (TPSA) is 57.5 Å². The van der Waals surface area contributed by atoms with Crippen molar-refractivity contribution in [3.05, 3.63) is 89.2 Å². The van der Waals surface area contributed by atoms with Crippen LogP contribution in [0.1, 0.15) is 36.1 Å². The van der Waals surface area contributed by atoms with Gasteiger partial charge in [0.15, 0.2) is 5.96 Å². The number of nitrogens with zero attached hydrogens (tertiary/aromatic N) is 4. The third kappa shape index (κ3) is 7.94. The molecule has 0 aliphatic rings. The molecule has 0 fully saturated rings. The number of rotatable bonds is 10. The Labute approximate surface area is 209 Å². The van der Waals surface area contributed by atoms with Gasteiger partial charge >= 0.3 is 0 Å². The van der Waals surface area contributed by atoms with Crippen molar-refractivity contribution >= 4 is 29.9 Å². The third-order valence-electron chi connectivity index (χ3n) is 5.46. The SMILES string of the molecule is CCN(CC)Cc1ccc(CNC(=NC)NCc2ccccc2Cn2cccn2)cc1.I. The van der Waals surface area contributed by atoms with E-state index >= 15 is 0 Å². The van der Waals surface area contributed by atoms with E-state index in [2.05, 4.69) is 88.0 Å². The number of halogens is 1. The molecule has 0 saturated heterocycles. The first-order valence-corrected chi connectivity index (χ1v) is 11.0. The van der Waals surface area contributed by atoms with Gasteiger partial charge in [0.25, 0.3) is 0 Å². The highest BCUT2D eigenvalue weighted by molar-refractivity contribution is 14.0. The van der Waals surface area contributed by atoms with Crippen molar-refractivity contribution in [3.63, 3.8) is 0 Å². The number of guanidine groups is 1. The van der Waals surface area contributed by atoms with Crippen molar-refractivity contribution in [1.82, 2.24) is 25.3 Å². The van der Waals surface area contributed by atoms with Crippen LogP contribution in [-0.4, -0.2) is 40.8 Å². The summed E-state index contributed by atoms with van der Waals surface area (Å²) in [5.41, 5.74) is 5.08. The van der Waals surface area contributed by atoms with E-state index < -0.39 is 0 Å². The van der Waals surface area contributed by atoms with Gasteiger partial charge < -0.3 is 10.6 Å². The van der Waals surface area contributed by atoms with Gasteiger partial charge in [-0.1, -0.05) is 62.4 Å². The molecule has 0 saturated carbocycles. The van der Waals surface area contributed by atoms with Crippen molar-refractivity contribution < 1.29 is 0 Å². The van der Waals surface area contributed by atoms with Gasteiger partial charge in [-0.05, 0) is 41.4 Å². The highest BCUT2D eigenvalue weighted by Gasteiger charge is 2.05. The van der Waals surface area contributed by atoms with E-state index in [4.69, 9.17) is 0 Å². The molecule has 0 bridgehead atoms. The fourth-order valence-electron chi connectivity index (χ4n) is 3.51. The van der Waals surface area contributed by atoms with E-state index in [-0.39, 0.29) is 24.0 Å². The van der Waals surface area contributed by atoms with Crippen LogP contribution in [0.25, 0.3) is 0 Å². The maximum absolute atomic E-state index is 4.37. The highest BCUT2D eigenvalue weighted by Crippen LogP contribution is 2.11. The van der Waals surface area contributed by atoms with E-state index in [1.165, 1.54) is 22.3 Å². The van der Waals surface area contributed by atoms with Crippen molar-refractivity contribution in [2.75, 3.05) is 20.1 Å². The number of aromatic nitrogens is 2. The molecule has 1 aromatic heterocycles. The number of hydrogen-bond acceptors (Lipinski definition) is 3. The van der Waals surface area contributed by atoms with Gasteiger partial charge in [-0.15, -0.1) is 24.0 Å². The van der Waals surface area contributed by atoms with E-state index in [1.54, 1.807) is 7.05 Å². The quantitative estimate of drug-likeness (QED) is 0.227. The second kappa shape index (κ2) is 13.9. The van der Waals surface area contributed by atoms with Crippen LogP contribution >= 0.6 is 24.0 Å². The van der Waals surface area contributed by atoms with E-state index in [9.17, 15) is 0 Å². The van der Waals surface area contributed by atoms with Crippen LogP contribution in [0.15, 0.2) is 72.0 Å². The van der Waals surface area contributed by atoms with Crippen molar-refractivity contribution in [3.8, 4) is 0 Å². The molecule has 0 aliphatic heterocycles. The van der Waals surface area contributed by atoms with Crippen molar-refractivity contribution in [2.24, 2.45) is 4.99 Å². The summed E-state index contributed by atoms with van der Waals surface area (Å²) in [5.74, 6) is 0.793. The Bertz CT molecular complexity index is 933. The maximum atomic E-state index is 4.37. The zero-order chi connectivity index (χ0) is 21.9. The Morgan fingerprint density at radius 2 is 1.56 bits per heavy atom. The first kappa shape index (κ1) is 25.9. The lowest BCUT2D eigenvalue weighted by atomic mass is 10.1. The minimum atomic E-state index is 0. The van der Waals surface area contributed by atoms with E-state index in [1.807, 2.05) is 23.1 Å². The number of nitrogens with one attached hydrogen (secondary N) is 2. The molecular weight excluding hydrogens is 511 g/mol. The Morgan fingerprint density at radius 3 is 2.19 bits per heavy atom.